The molecule has 20 heavy (non-hydrogen) atoms. The van der Waals surface area contributed by atoms with Crippen molar-refractivity contribution in [3.63, 3.8) is 0 Å². The third-order valence-corrected chi connectivity index (χ3v) is 3.31. The number of aromatic nitrogens is 2. The Kier molecular flexibility index (Phi) is 4.56. The zero-order chi connectivity index (χ0) is 14.5. The summed E-state index contributed by atoms with van der Waals surface area (Å²) in [5, 5.41) is 3.05. The van der Waals surface area contributed by atoms with Crippen LogP contribution in [0.4, 0.5) is 5.82 Å². The molecule has 0 aromatic carbocycles. The maximum Gasteiger partial charge on any atom is 0.168 e. The minimum absolute atomic E-state index is 0.765. The summed E-state index contributed by atoms with van der Waals surface area (Å²) in [7, 11) is 3.50. The highest BCUT2D eigenvalue weighted by Gasteiger charge is 2.06. The minimum atomic E-state index is 0.765. The van der Waals surface area contributed by atoms with Crippen molar-refractivity contribution >= 4 is 5.82 Å². The van der Waals surface area contributed by atoms with Crippen molar-refractivity contribution in [2.75, 3.05) is 19.5 Å². The van der Waals surface area contributed by atoms with E-state index in [1.165, 1.54) is 11.1 Å². The molecule has 0 amide bonds. The average Bonchev–Trinajstić information content (AvgIpc) is 2.46. The first-order valence-electron chi connectivity index (χ1n) is 6.78. The maximum absolute atomic E-state index is 5.25. The molecule has 0 spiro atoms. The molecule has 0 aliphatic carbocycles. The summed E-state index contributed by atoms with van der Waals surface area (Å²) < 4.78 is 5.25. The molecular weight excluding hydrogens is 250 g/mol. The zero-order valence-electron chi connectivity index (χ0n) is 12.5. The number of ether oxygens (including phenoxy) is 1. The molecule has 2 heterocycles. The van der Waals surface area contributed by atoms with Gasteiger partial charge in [0.1, 0.15) is 0 Å². The van der Waals surface area contributed by atoms with Crippen LogP contribution in [0.25, 0.3) is 0 Å². The summed E-state index contributed by atoms with van der Waals surface area (Å²) in [6, 6.07) is 6.12. The summed E-state index contributed by atoms with van der Waals surface area (Å²) >= 11 is 0. The standard InChI is InChI=1S/C16H21N3O/c1-11-9-12(2)14(18-10-11)7-5-13-6-8-15(20-4)16(17-3)19-13/h6,8-10H,5,7H2,1-4H3,(H,17,19). The lowest BCUT2D eigenvalue weighted by Gasteiger charge is -2.10. The molecule has 0 saturated carbocycles. The molecule has 2 rings (SSSR count). The van der Waals surface area contributed by atoms with Crippen LogP contribution >= 0.6 is 0 Å². The molecule has 4 heteroatoms. The fraction of sp³-hybridized carbons (Fsp3) is 0.375. The third kappa shape index (κ3) is 3.26. The van der Waals surface area contributed by atoms with Gasteiger partial charge in [-0.25, -0.2) is 4.98 Å². The smallest absolute Gasteiger partial charge is 0.168 e. The number of nitrogens with zero attached hydrogens (tertiary/aromatic N) is 2. The Morgan fingerprint density at radius 3 is 2.65 bits per heavy atom. The van der Waals surface area contributed by atoms with Crippen LogP contribution in [0.2, 0.25) is 0 Å². The van der Waals surface area contributed by atoms with Crippen molar-refractivity contribution in [3.8, 4) is 5.75 Å². The van der Waals surface area contributed by atoms with E-state index >= 15 is 0 Å². The Morgan fingerprint density at radius 1 is 1.20 bits per heavy atom. The SMILES string of the molecule is CNc1nc(CCc2ncc(C)cc2C)ccc1OC. The minimum Gasteiger partial charge on any atom is -0.493 e. The van der Waals surface area contributed by atoms with Crippen LogP contribution in [-0.2, 0) is 12.8 Å². The molecule has 0 radical (unpaired) electrons. The molecule has 0 aliphatic heterocycles. The van der Waals surface area contributed by atoms with Crippen LogP contribution in [0, 0.1) is 13.8 Å². The Bertz CT molecular complexity index is 596. The van der Waals surface area contributed by atoms with Gasteiger partial charge in [0.25, 0.3) is 0 Å². The quantitative estimate of drug-likeness (QED) is 0.908. The van der Waals surface area contributed by atoms with Crippen molar-refractivity contribution in [3.05, 3.63) is 46.9 Å². The van der Waals surface area contributed by atoms with Crippen LogP contribution in [0.15, 0.2) is 24.4 Å². The number of methoxy groups -OCH3 is 1. The van der Waals surface area contributed by atoms with E-state index in [1.54, 1.807) is 7.11 Å². The average molecular weight is 271 g/mol. The van der Waals surface area contributed by atoms with Crippen molar-refractivity contribution < 1.29 is 4.74 Å². The Labute approximate surface area is 120 Å². The predicted octanol–water partition coefficient (Wildman–Crippen LogP) is 2.93. The Hall–Kier alpha value is -2.10. The Morgan fingerprint density at radius 2 is 2.00 bits per heavy atom. The molecule has 0 fully saturated rings. The largest absolute Gasteiger partial charge is 0.493 e. The number of nitrogens with one attached hydrogen (secondary N) is 1. The van der Waals surface area contributed by atoms with Crippen LogP contribution in [0.1, 0.15) is 22.5 Å². The van der Waals surface area contributed by atoms with Gasteiger partial charge in [-0.3, -0.25) is 4.98 Å². The van der Waals surface area contributed by atoms with E-state index in [4.69, 9.17) is 4.74 Å². The van der Waals surface area contributed by atoms with Crippen LogP contribution < -0.4 is 10.1 Å². The van der Waals surface area contributed by atoms with Crippen LogP contribution in [-0.4, -0.2) is 24.1 Å². The highest BCUT2D eigenvalue weighted by molar-refractivity contribution is 5.50. The molecule has 0 saturated heterocycles. The monoisotopic (exact) mass is 271 g/mol. The van der Waals surface area contributed by atoms with E-state index in [-0.39, 0.29) is 0 Å². The summed E-state index contributed by atoms with van der Waals surface area (Å²) in [5.41, 5.74) is 4.62. The van der Waals surface area contributed by atoms with Crippen molar-refractivity contribution in [1.29, 1.82) is 0 Å². The second-order valence-corrected chi connectivity index (χ2v) is 4.88. The maximum atomic E-state index is 5.25. The van der Waals surface area contributed by atoms with Gasteiger partial charge in [0.15, 0.2) is 11.6 Å². The van der Waals surface area contributed by atoms with Gasteiger partial charge in [0, 0.05) is 24.6 Å². The second kappa shape index (κ2) is 6.37. The van der Waals surface area contributed by atoms with Crippen LogP contribution in [0.5, 0.6) is 5.75 Å². The molecule has 0 bridgehead atoms. The van der Waals surface area contributed by atoms with Gasteiger partial charge in [-0.2, -0.15) is 0 Å². The number of aryl methyl sites for hydroxylation is 4. The number of anilines is 1. The lowest BCUT2D eigenvalue weighted by molar-refractivity contribution is 0.414. The molecule has 0 atom stereocenters. The molecule has 0 aliphatic rings. The topological polar surface area (TPSA) is 47.0 Å². The third-order valence-electron chi connectivity index (χ3n) is 3.31. The number of rotatable bonds is 5. The van der Waals surface area contributed by atoms with E-state index in [1.807, 2.05) is 25.4 Å². The van der Waals surface area contributed by atoms with Crippen molar-refractivity contribution in [1.82, 2.24) is 9.97 Å². The van der Waals surface area contributed by atoms with Crippen LogP contribution in [0.3, 0.4) is 0 Å². The number of hydrogen-bond donors (Lipinski definition) is 1. The molecule has 2 aromatic heterocycles. The normalized spacial score (nSPS) is 10.4. The summed E-state index contributed by atoms with van der Waals surface area (Å²) in [4.78, 5) is 9.06. The van der Waals surface area contributed by atoms with Gasteiger partial charge in [-0.05, 0) is 49.9 Å². The highest BCUT2D eigenvalue weighted by Crippen LogP contribution is 2.22. The molecule has 106 valence electrons. The summed E-state index contributed by atoms with van der Waals surface area (Å²) in [6.45, 7) is 4.17. The van der Waals surface area contributed by atoms with Gasteiger partial charge in [-0.15, -0.1) is 0 Å². The van der Waals surface area contributed by atoms with E-state index in [0.717, 1.165) is 35.8 Å². The van der Waals surface area contributed by atoms with E-state index in [9.17, 15) is 0 Å². The Balaban J connectivity index is 2.10. The van der Waals surface area contributed by atoms with E-state index in [0.29, 0.717) is 0 Å². The molecule has 1 N–H and O–H groups in total. The predicted molar refractivity (Wildman–Crippen MR) is 81.5 cm³/mol. The fourth-order valence-electron chi connectivity index (χ4n) is 2.22. The molecular formula is C16H21N3O. The lowest BCUT2D eigenvalue weighted by Crippen LogP contribution is -2.03. The van der Waals surface area contributed by atoms with Gasteiger partial charge in [0.2, 0.25) is 0 Å². The molecule has 0 unspecified atom stereocenters. The van der Waals surface area contributed by atoms with Gasteiger partial charge in [-0.1, -0.05) is 6.07 Å². The first kappa shape index (κ1) is 14.3. The summed E-state index contributed by atoms with van der Waals surface area (Å²) in [5.74, 6) is 1.54. The molecule has 4 nitrogen and oxygen atoms in total. The summed E-state index contributed by atoms with van der Waals surface area (Å²) in [6.07, 6.45) is 3.69. The van der Waals surface area contributed by atoms with Crippen molar-refractivity contribution in [2.24, 2.45) is 0 Å². The van der Waals surface area contributed by atoms with Gasteiger partial charge < -0.3 is 10.1 Å². The number of pyridine rings is 2. The fourth-order valence-corrected chi connectivity index (χ4v) is 2.22. The number of hydrogen-bond acceptors (Lipinski definition) is 4. The highest BCUT2D eigenvalue weighted by atomic mass is 16.5. The first-order chi connectivity index (χ1) is 9.63. The zero-order valence-corrected chi connectivity index (χ0v) is 12.5. The van der Waals surface area contributed by atoms with Gasteiger partial charge >= 0.3 is 0 Å². The second-order valence-electron chi connectivity index (χ2n) is 4.88. The first-order valence-corrected chi connectivity index (χ1v) is 6.78. The van der Waals surface area contributed by atoms with E-state index in [2.05, 4.69) is 35.2 Å². The lowest BCUT2D eigenvalue weighted by atomic mass is 10.1. The van der Waals surface area contributed by atoms with Crippen molar-refractivity contribution in [2.45, 2.75) is 26.7 Å². The van der Waals surface area contributed by atoms with Gasteiger partial charge in [0.05, 0.1) is 7.11 Å². The molecule has 2 aromatic rings. The van der Waals surface area contributed by atoms with E-state index < -0.39 is 0 Å².